The van der Waals surface area contributed by atoms with Crippen molar-refractivity contribution >= 4 is 10.1 Å². The summed E-state index contributed by atoms with van der Waals surface area (Å²) in [4.78, 5) is -0.486. The van der Waals surface area contributed by atoms with E-state index in [-0.39, 0.29) is 24.7 Å². The highest BCUT2D eigenvalue weighted by Gasteiger charge is 2.19. The van der Waals surface area contributed by atoms with Crippen molar-refractivity contribution in [2.24, 2.45) is 0 Å². The summed E-state index contributed by atoms with van der Waals surface area (Å²) in [5.74, 6) is 0.292. The van der Waals surface area contributed by atoms with Gasteiger partial charge in [-0.05, 0) is 20.8 Å². The van der Waals surface area contributed by atoms with Crippen molar-refractivity contribution in [2.45, 2.75) is 25.7 Å². The molecule has 0 bridgehead atoms. The molecule has 108 valence electrons. The van der Waals surface area contributed by atoms with Gasteiger partial charge in [0.05, 0.1) is 19.8 Å². The lowest BCUT2D eigenvalue weighted by Gasteiger charge is -2.19. The summed E-state index contributed by atoms with van der Waals surface area (Å²) in [5.41, 5.74) is 0. The summed E-state index contributed by atoms with van der Waals surface area (Å²) in [6.07, 6.45) is 0. The molecule has 0 aromatic heterocycles. The van der Waals surface area contributed by atoms with Crippen molar-refractivity contribution in [1.82, 2.24) is 0 Å². The number of hydrogen-bond acceptors (Lipinski definition) is 6. The molecule has 1 aromatic rings. The quantitative estimate of drug-likeness (QED) is 0.711. The summed E-state index contributed by atoms with van der Waals surface area (Å²) in [6, 6.07) is 2.75. The molecule has 0 N–H and O–H groups in total. The first-order chi connectivity index (χ1) is 8.93. The van der Waals surface area contributed by atoms with Crippen LogP contribution in [-0.2, 0) is 10.1 Å². The highest BCUT2D eigenvalue weighted by molar-refractivity contribution is 7.86. The van der Waals surface area contributed by atoms with Crippen molar-refractivity contribution in [1.29, 1.82) is 0 Å². The zero-order valence-electron chi connectivity index (χ0n) is 11.1. The van der Waals surface area contributed by atoms with Crippen molar-refractivity contribution in [3.05, 3.63) is 12.1 Å². The third-order valence-electron chi connectivity index (χ3n) is 2.15. The van der Waals surface area contributed by atoms with Gasteiger partial charge in [-0.2, -0.15) is 0 Å². The van der Waals surface area contributed by atoms with Gasteiger partial charge in [-0.15, -0.1) is 0 Å². The second-order valence-corrected chi connectivity index (χ2v) is 4.82. The largest absolute Gasteiger partial charge is 0.744 e. The van der Waals surface area contributed by atoms with Crippen LogP contribution >= 0.6 is 0 Å². The molecule has 0 aliphatic rings. The van der Waals surface area contributed by atoms with E-state index in [0.717, 1.165) is 0 Å². The molecule has 0 saturated carbocycles. The maximum Gasteiger partial charge on any atom is 0.144 e. The fourth-order valence-corrected chi connectivity index (χ4v) is 2.30. The van der Waals surface area contributed by atoms with Gasteiger partial charge in [0.2, 0.25) is 0 Å². The first-order valence-corrected chi connectivity index (χ1v) is 7.37. The van der Waals surface area contributed by atoms with Crippen molar-refractivity contribution in [3.8, 4) is 17.2 Å². The van der Waals surface area contributed by atoms with Crippen LogP contribution in [-0.4, -0.2) is 32.8 Å². The molecule has 0 aliphatic carbocycles. The first kappa shape index (κ1) is 15.6. The van der Waals surface area contributed by atoms with Gasteiger partial charge in [0.1, 0.15) is 32.3 Å². The van der Waals surface area contributed by atoms with Crippen molar-refractivity contribution in [2.75, 3.05) is 19.8 Å². The molecule has 0 atom stereocenters. The molecule has 0 spiro atoms. The Balaban J connectivity index is 3.46. The summed E-state index contributed by atoms with van der Waals surface area (Å²) in [7, 11) is -4.70. The minimum absolute atomic E-state index is 0.0492. The van der Waals surface area contributed by atoms with E-state index in [1.165, 1.54) is 12.1 Å². The maximum absolute atomic E-state index is 11.3. The SMILES string of the molecule is CCOc1cc(OCC)c(S(=O)(=O)[O-])c(OCC)c1. The van der Waals surface area contributed by atoms with Gasteiger partial charge in [-0.3, -0.25) is 0 Å². The predicted octanol–water partition coefficient (Wildman–Crippen LogP) is 1.79. The molecule has 0 unspecified atom stereocenters. The Hall–Kier alpha value is -1.47. The second-order valence-electron chi connectivity index (χ2n) is 3.50. The average molecular weight is 289 g/mol. The molecule has 1 rings (SSSR count). The van der Waals surface area contributed by atoms with Crippen LogP contribution in [0.1, 0.15) is 20.8 Å². The van der Waals surface area contributed by atoms with E-state index in [9.17, 15) is 13.0 Å². The van der Waals surface area contributed by atoms with Crippen LogP contribution in [0.15, 0.2) is 17.0 Å². The smallest absolute Gasteiger partial charge is 0.144 e. The Morgan fingerprint density at radius 2 is 1.37 bits per heavy atom. The Morgan fingerprint density at radius 1 is 0.947 bits per heavy atom. The van der Waals surface area contributed by atoms with Crippen LogP contribution in [0.4, 0.5) is 0 Å². The molecule has 0 fully saturated rings. The zero-order valence-corrected chi connectivity index (χ0v) is 12.0. The highest BCUT2D eigenvalue weighted by Crippen LogP contribution is 2.37. The van der Waals surface area contributed by atoms with E-state index in [4.69, 9.17) is 14.2 Å². The Labute approximate surface area is 113 Å². The zero-order chi connectivity index (χ0) is 14.5. The van der Waals surface area contributed by atoms with Gasteiger partial charge in [-0.25, -0.2) is 8.42 Å². The fraction of sp³-hybridized carbons (Fsp3) is 0.500. The van der Waals surface area contributed by atoms with Crippen LogP contribution in [0.25, 0.3) is 0 Å². The monoisotopic (exact) mass is 289 g/mol. The minimum atomic E-state index is -4.70. The van der Waals surface area contributed by atoms with E-state index in [1.807, 2.05) is 0 Å². The number of rotatable bonds is 7. The molecule has 0 saturated heterocycles. The lowest BCUT2D eigenvalue weighted by Crippen LogP contribution is -2.08. The minimum Gasteiger partial charge on any atom is -0.744 e. The highest BCUT2D eigenvalue weighted by atomic mass is 32.2. The first-order valence-electron chi connectivity index (χ1n) is 5.96. The predicted molar refractivity (Wildman–Crippen MR) is 67.9 cm³/mol. The van der Waals surface area contributed by atoms with E-state index >= 15 is 0 Å². The molecule has 6 nitrogen and oxygen atoms in total. The molecule has 19 heavy (non-hydrogen) atoms. The molecule has 0 heterocycles. The molecule has 0 radical (unpaired) electrons. The lowest BCUT2D eigenvalue weighted by atomic mass is 10.3. The van der Waals surface area contributed by atoms with Gasteiger partial charge < -0.3 is 18.8 Å². The Morgan fingerprint density at radius 3 is 1.68 bits per heavy atom. The maximum atomic E-state index is 11.3. The van der Waals surface area contributed by atoms with Gasteiger partial charge in [0.15, 0.2) is 0 Å². The molecule has 0 amide bonds. The summed E-state index contributed by atoms with van der Waals surface area (Å²) >= 11 is 0. The molecule has 1 aromatic carbocycles. The van der Waals surface area contributed by atoms with Crippen LogP contribution in [0.2, 0.25) is 0 Å². The van der Waals surface area contributed by atoms with Crippen LogP contribution in [0, 0.1) is 0 Å². The normalized spacial score (nSPS) is 11.2. The molecule has 7 heteroatoms. The summed E-state index contributed by atoms with van der Waals surface area (Å²) in [5, 5.41) is 0. The number of ether oxygens (including phenoxy) is 3. The summed E-state index contributed by atoms with van der Waals surface area (Å²) in [6.45, 7) is 6.02. The van der Waals surface area contributed by atoms with Crippen LogP contribution < -0.4 is 14.2 Å². The molecular weight excluding hydrogens is 272 g/mol. The van der Waals surface area contributed by atoms with Gasteiger partial charge in [0, 0.05) is 12.1 Å². The fourth-order valence-electron chi connectivity index (χ4n) is 1.57. The Kier molecular flexibility index (Phi) is 5.44. The topological polar surface area (TPSA) is 84.9 Å². The van der Waals surface area contributed by atoms with Gasteiger partial charge in [0.25, 0.3) is 0 Å². The van der Waals surface area contributed by atoms with E-state index in [2.05, 4.69) is 0 Å². The van der Waals surface area contributed by atoms with E-state index in [1.54, 1.807) is 20.8 Å². The Bertz CT molecular complexity index is 496. The third-order valence-corrected chi connectivity index (χ3v) is 3.06. The number of benzene rings is 1. The second kappa shape index (κ2) is 6.63. The number of hydrogen-bond donors (Lipinski definition) is 0. The average Bonchev–Trinajstić information content (AvgIpc) is 2.28. The molecular formula is C12H17O6S-. The third kappa shape index (κ3) is 4.00. The van der Waals surface area contributed by atoms with E-state index < -0.39 is 15.0 Å². The van der Waals surface area contributed by atoms with E-state index in [0.29, 0.717) is 12.4 Å². The lowest BCUT2D eigenvalue weighted by molar-refractivity contribution is 0.292. The standard InChI is InChI=1S/C12H18O6S/c1-4-16-9-7-10(17-5-2)12(19(13,14)15)11(8-9)18-6-3/h7-8H,4-6H2,1-3H3,(H,13,14,15)/p-1. The van der Waals surface area contributed by atoms with Crippen LogP contribution in [0.3, 0.4) is 0 Å². The van der Waals surface area contributed by atoms with Gasteiger partial charge >= 0.3 is 0 Å². The van der Waals surface area contributed by atoms with Crippen molar-refractivity contribution in [3.63, 3.8) is 0 Å². The van der Waals surface area contributed by atoms with Crippen molar-refractivity contribution < 1.29 is 27.2 Å². The molecule has 0 aliphatic heterocycles. The summed E-state index contributed by atoms with van der Waals surface area (Å²) < 4.78 is 49.7. The van der Waals surface area contributed by atoms with Crippen LogP contribution in [0.5, 0.6) is 17.2 Å². The van der Waals surface area contributed by atoms with Gasteiger partial charge in [-0.1, -0.05) is 0 Å².